The Hall–Kier alpha value is -1.81. The molecule has 0 bridgehead atoms. The van der Waals surface area contributed by atoms with Crippen LogP contribution in [0.25, 0.3) is 0 Å². The van der Waals surface area contributed by atoms with Gasteiger partial charge in [-0.2, -0.15) is 8.42 Å². The third-order valence-electron chi connectivity index (χ3n) is 3.11. The van der Waals surface area contributed by atoms with Crippen LogP contribution < -0.4 is 4.18 Å². The monoisotopic (exact) mass is 290 g/mol. The maximum Gasteiger partial charge on any atom is 0.339 e. The van der Waals surface area contributed by atoms with Gasteiger partial charge in [-0.15, -0.1) is 0 Å². The third kappa shape index (κ3) is 3.20. The van der Waals surface area contributed by atoms with E-state index in [0.29, 0.717) is 5.75 Å². The summed E-state index contributed by atoms with van der Waals surface area (Å²) < 4.78 is 29.8. The fourth-order valence-corrected chi connectivity index (χ4v) is 2.86. The molecule has 0 unspecified atom stereocenters. The fraction of sp³-hybridized carbons (Fsp3) is 0.250. The lowest BCUT2D eigenvalue weighted by molar-refractivity contribution is 0.483. The lowest BCUT2D eigenvalue weighted by Gasteiger charge is -2.11. The van der Waals surface area contributed by atoms with Crippen LogP contribution in [0.5, 0.6) is 5.75 Å². The van der Waals surface area contributed by atoms with Gasteiger partial charge in [0.25, 0.3) is 0 Å². The van der Waals surface area contributed by atoms with E-state index in [1.165, 1.54) is 0 Å². The predicted octanol–water partition coefficient (Wildman–Crippen LogP) is 3.63. The fourth-order valence-electron chi connectivity index (χ4n) is 1.90. The first-order chi connectivity index (χ1) is 9.42. The van der Waals surface area contributed by atoms with E-state index < -0.39 is 10.1 Å². The van der Waals surface area contributed by atoms with E-state index in [0.717, 1.165) is 23.1 Å². The average Bonchev–Trinajstić information content (AvgIpc) is 2.39. The molecule has 2 aromatic rings. The number of hydrogen-bond donors (Lipinski definition) is 0. The van der Waals surface area contributed by atoms with E-state index in [-0.39, 0.29) is 4.90 Å². The van der Waals surface area contributed by atoms with Gasteiger partial charge in [-0.25, -0.2) is 0 Å². The average molecular weight is 290 g/mol. The quantitative estimate of drug-likeness (QED) is 0.808. The third-order valence-corrected chi connectivity index (χ3v) is 4.36. The van der Waals surface area contributed by atoms with E-state index in [4.69, 9.17) is 4.18 Å². The van der Waals surface area contributed by atoms with Gasteiger partial charge in [0.05, 0.1) is 0 Å². The van der Waals surface area contributed by atoms with Crippen LogP contribution in [0.3, 0.4) is 0 Å². The summed E-state index contributed by atoms with van der Waals surface area (Å²) in [4.78, 5) is 0.173. The number of rotatable bonds is 4. The van der Waals surface area contributed by atoms with Gasteiger partial charge in [0.1, 0.15) is 10.6 Å². The van der Waals surface area contributed by atoms with E-state index in [2.05, 4.69) is 0 Å². The maximum absolute atomic E-state index is 12.3. The molecule has 4 heteroatoms. The highest BCUT2D eigenvalue weighted by atomic mass is 32.2. The normalized spacial score (nSPS) is 11.3. The van der Waals surface area contributed by atoms with Crippen LogP contribution in [0.4, 0.5) is 0 Å². The van der Waals surface area contributed by atoms with Gasteiger partial charge in [-0.1, -0.05) is 36.8 Å². The van der Waals surface area contributed by atoms with Gasteiger partial charge in [0.2, 0.25) is 0 Å². The highest BCUT2D eigenvalue weighted by molar-refractivity contribution is 7.87. The molecule has 0 aliphatic heterocycles. The molecule has 0 amide bonds. The van der Waals surface area contributed by atoms with Crippen LogP contribution in [0.1, 0.15) is 23.6 Å². The number of benzene rings is 2. The SMILES string of the molecule is CCc1ccc(C)cc1OS(=O)(=O)c1ccc(C)cc1. The Morgan fingerprint density at radius 3 is 2.15 bits per heavy atom. The number of hydrogen-bond acceptors (Lipinski definition) is 3. The van der Waals surface area contributed by atoms with Crippen molar-refractivity contribution >= 4 is 10.1 Å². The van der Waals surface area contributed by atoms with Gasteiger partial charge < -0.3 is 4.18 Å². The molecule has 3 nitrogen and oxygen atoms in total. The molecule has 0 heterocycles. The van der Waals surface area contributed by atoms with E-state index in [1.54, 1.807) is 30.3 Å². The van der Waals surface area contributed by atoms with Crippen molar-refractivity contribution in [3.05, 3.63) is 59.2 Å². The van der Waals surface area contributed by atoms with Crippen LogP contribution in [-0.2, 0) is 16.5 Å². The number of aryl methyl sites for hydroxylation is 3. The molecule has 0 saturated carbocycles. The summed E-state index contributed by atoms with van der Waals surface area (Å²) in [7, 11) is -3.78. The van der Waals surface area contributed by atoms with Gasteiger partial charge in [0, 0.05) is 0 Å². The molecule has 0 fully saturated rings. The highest BCUT2D eigenvalue weighted by Crippen LogP contribution is 2.25. The van der Waals surface area contributed by atoms with Crippen molar-refractivity contribution < 1.29 is 12.6 Å². The zero-order valence-electron chi connectivity index (χ0n) is 11.9. The lowest BCUT2D eigenvalue weighted by Crippen LogP contribution is -2.11. The second-order valence-corrected chi connectivity index (χ2v) is 6.36. The smallest absolute Gasteiger partial charge is 0.339 e. The topological polar surface area (TPSA) is 43.4 Å². The summed E-state index contributed by atoms with van der Waals surface area (Å²) >= 11 is 0. The molecule has 20 heavy (non-hydrogen) atoms. The lowest BCUT2D eigenvalue weighted by atomic mass is 10.1. The first kappa shape index (κ1) is 14.6. The molecule has 0 spiro atoms. The first-order valence-electron chi connectivity index (χ1n) is 6.53. The summed E-state index contributed by atoms with van der Waals surface area (Å²) in [5, 5.41) is 0. The zero-order chi connectivity index (χ0) is 14.8. The molecule has 0 aliphatic carbocycles. The Labute approximate surface area is 120 Å². The van der Waals surface area contributed by atoms with Crippen LogP contribution >= 0.6 is 0 Å². The first-order valence-corrected chi connectivity index (χ1v) is 7.94. The van der Waals surface area contributed by atoms with Crippen LogP contribution in [-0.4, -0.2) is 8.42 Å². The van der Waals surface area contributed by atoms with Crippen LogP contribution in [0, 0.1) is 13.8 Å². The molecule has 0 saturated heterocycles. The standard InChI is InChI=1S/C16H18O3S/c1-4-14-8-5-13(3)11-16(14)19-20(17,18)15-9-6-12(2)7-10-15/h5-11H,4H2,1-3H3. The molecule has 2 aromatic carbocycles. The summed E-state index contributed by atoms with van der Waals surface area (Å²) in [5.74, 6) is 0.410. The molecule has 0 N–H and O–H groups in total. The molecule has 106 valence electrons. The largest absolute Gasteiger partial charge is 0.379 e. The van der Waals surface area contributed by atoms with Crippen LogP contribution in [0.2, 0.25) is 0 Å². The molecule has 0 radical (unpaired) electrons. The van der Waals surface area contributed by atoms with E-state index in [9.17, 15) is 8.42 Å². The summed E-state index contributed by atoms with van der Waals surface area (Å²) in [6.45, 7) is 5.79. The summed E-state index contributed by atoms with van der Waals surface area (Å²) in [6, 6.07) is 12.2. The minimum Gasteiger partial charge on any atom is -0.379 e. The van der Waals surface area contributed by atoms with Crippen molar-refractivity contribution in [1.29, 1.82) is 0 Å². The Morgan fingerprint density at radius 1 is 0.950 bits per heavy atom. The van der Waals surface area contributed by atoms with Gasteiger partial charge in [-0.05, 0) is 49.6 Å². The minimum atomic E-state index is -3.78. The Balaban J connectivity index is 2.37. The molecule has 0 aliphatic rings. The molecule has 2 rings (SSSR count). The van der Waals surface area contributed by atoms with Crippen molar-refractivity contribution in [3.8, 4) is 5.75 Å². The second kappa shape index (κ2) is 5.67. The Bertz CT molecular complexity index is 701. The molecular formula is C16H18O3S. The van der Waals surface area contributed by atoms with Gasteiger partial charge in [-0.3, -0.25) is 0 Å². The minimum absolute atomic E-state index is 0.173. The van der Waals surface area contributed by atoms with Crippen molar-refractivity contribution in [2.24, 2.45) is 0 Å². The maximum atomic E-state index is 12.3. The zero-order valence-corrected chi connectivity index (χ0v) is 12.7. The molecule has 0 atom stereocenters. The van der Waals surface area contributed by atoms with Crippen molar-refractivity contribution in [2.75, 3.05) is 0 Å². The summed E-state index contributed by atoms with van der Waals surface area (Å²) in [5.41, 5.74) is 2.86. The second-order valence-electron chi connectivity index (χ2n) is 4.82. The summed E-state index contributed by atoms with van der Waals surface area (Å²) in [6.07, 6.45) is 0.721. The van der Waals surface area contributed by atoms with Gasteiger partial charge >= 0.3 is 10.1 Å². The van der Waals surface area contributed by atoms with Crippen molar-refractivity contribution in [2.45, 2.75) is 32.1 Å². The molecular weight excluding hydrogens is 272 g/mol. The van der Waals surface area contributed by atoms with E-state index in [1.807, 2.05) is 32.9 Å². The predicted molar refractivity (Wildman–Crippen MR) is 79.5 cm³/mol. The van der Waals surface area contributed by atoms with Crippen LogP contribution in [0.15, 0.2) is 47.4 Å². The van der Waals surface area contributed by atoms with Crippen molar-refractivity contribution in [3.63, 3.8) is 0 Å². The molecule has 0 aromatic heterocycles. The Morgan fingerprint density at radius 2 is 1.55 bits per heavy atom. The highest BCUT2D eigenvalue weighted by Gasteiger charge is 2.18. The van der Waals surface area contributed by atoms with E-state index >= 15 is 0 Å². The Kier molecular flexibility index (Phi) is 4.14. The van der Waals surface area contributed by atoms with Gasteiger partial charge in [0.15, 0.2) is 0 Å². The van der Waals surface area contributed by atoms with Crippen molar-refractivity contribution in [1.82, 2.24) is 0 Å².